The van der Waals surface area contributed by atoms with Crippen molar-refractivity contribution in [1.82, 2.24) is 4.90 Å². The molecule has 0 fully saturated rings. The van der Waals surface area contributed by atoms with Gasteiger partial charge in [-0.25, -0.2) is 4.79 Å². The second-order valence-electron chi connectivity index (χ2n) is 4.48. The summed E-state index contributed by atoms with van der Waals surface area (Å²) in [6.45, 7) is 1.43. The van der Waals surface area contributed by atoms with Crippen molar-refractivity contribution in [2.45, 2.75) is 6.61 Å². The summed E-state index contributed by atoms with van der Waals surface area (Å²) in [5, 5.41) is 0. The van der Waals surface area contributed by atoms with Gasteiger partial charge in [-0.15, -0.1) is 0 Å². The molecule has 96 valence electrons. The second-order valence-corrected chi connectivity index (χ2v) is 4.48. The summed E-state index contributed by atoms with van der Waals surface area (Å²) in [5.74, 6) is 0. The van der Waals surface area contributed by atoms with Crippen LogP contribution in [0.5, 0.6) is 0 Å². The molecule has 0 aromatic heterocycles. The number of carbonyl (C=O) groups excluding carboxylic acids is 1. The standard InChI is InChI=1S/C15H14N2O2/c18-15(19-11-12-4-2-1-3-5-12)17-9-7-14-13(10-17)6-8-16-14/h1-8H,9-11H2. The SMILES string of the molecule is O=C(OCc1ccccc1)N1CC=C2N=CC=C2C1. The summed E-state index contributed by atoms with van der Waals surface area (Å²) in [6.07, 6.45) is 5.36. The van der Waals surface area contributed by atoms with Crippen LogP contribution in [0.4, 0.5) is 4.79 Å². The molecule has 0 saturated carbocycles. The Balaban J connectivity index is 1.57. The number of hydrogen-bond donors (Lipinski definition) is 0. The fraction of sp³-hybridized carbons (Fsp3) is 0.200. The lowest BCUT2D eigenvalue weighted by molar-refractivity contribution is 0.102. The largest absolute Gasteiger partial charge is 0.445 e. The summed E-state index contributed by atoms with van der Waals surface area (Å²) >= 11 is 0. The van der Waals surface area contributed by atoms with Crippen LogP contribution in [0.1, 0.15) is 5.56 Å². The number of rotatable bonds is 2. The molecule has 0 atom stereocenters. The first-order valence-electron chi connectivity index (χ1n) is 6.22. The molecule has 0 aliphatic carbocycles. The van der Waals surface area contributed by atoms with Crippen LogP contribution < -0.4 is 0 Å². The minimum Gasteiger partial charge on any atom is -0.445 e. The average Bonchev–Trinajstić information content (AvgIpc) is 2.93. The maximum absolute atomic E-state index is 12.0. The number of allylic oxidation sites excluding steroid dienone is 1. The van der Waals surface area contributed by atoms with Crippen molar-refractivity contribution in [1.29, 1.82) is 0 Å². The predicted octanol–water partition coefficient (Wildman–Crippen LogP) is 2.53. The van der Waals surface area contributed by atoms with Gasteiger partial charge in [-0.3, -0.25) is 9.89 Å². The first-order valence-corrected chi connectivity index (χ1v) is 6.22. The first kappa shape index (κ1) is 11.7. The maximum atomic E-state index is 12.0. The minimum absolute atomic E-state index is 0.285. The number of amides is 1. The third-order valence-corrected chi connectivity index (χ3v) is 3.15. The molecule has 2 heterocycles. The van der Waals surface area contributed by atoms with Crippen LogP contribution in [-0.2, 0) is 11.3 Å². The van der Waals surface area contributed by atoms with Crippen LogP contribution >= 0.6 is 0 Å². The van der Waals surface area contributed by atoms with E-state index in [0.29, 0.717) is 19.7 Å². The van der Waals surface area contributed by atoms with E-state index in [0.717, 1.165) is 16.8 Å². The molecule has 0 saturated heterocycles. The predicted molar refractivity (Wildman–Crippen MR) is 72.9 cm³/mol. The van der Waals surface area contributed by atoms with Crippen LogP contribution in [0.25, 0.3) is 0 Å². The lowest BCUT2D eigenvalue weighted by Crippen LogP contribution is -2.35. The molecule has 19 heavy (non-hydrogen) atoms. The quantitative estimate of drug-likeness (QED) is 0.813. The smallest absolute Gasteiger partial charge is 0.410 e. The Morgan fingerprint density at radius 1 is 1.32 bits per heavy atom. The monoisotopic (exact) mass is 254 g/mol. The first-order chi connectivity index (χ1) is 9.33. The van der Waals surface area contributed by atoms with Crippen molar-refractivity contribution in [3.63, 3.8) is 0 Å². The normalized spacial score (nSPS) is 16.7. The van der Waals surface area contributed by atoms with Crippen molar-refractivity contribution < 1.29 is 9.53 Å². The molecule has 1 aromatic rings. The summed E-state index contributed by atoms with van der Waals surface area (Å²) in [6, 6.07) is 9.68. The van der Waals surface area contributed by atoms with Crippen molar-refractivity contribution in [2.75, 3.05) is 13.1 Å². The van der Waals surface area contributed by atoms with Crippen molar-refractivity contribution in [2.24, 2.45) is 4.99 Å². The van der Waals surface area contributed by atoms with E-state index in [2.05, 4.69) is 4.99 Å². The van der Waals surface area contributed by atoms with Crippen LogP contribution in [0.3, 0.4) is 0 Å². The van der Waals surface area contributed by atoms with Crippen LogP contribution in [0, 0.1) is 0 Å². The number of aliphatic imine (C=N–C) groups is 1. The van der Waals surface area contributed by atoms with Gasteiger partial charge in [0.15, 0.2) is 0 Å². The fourth-order valence-corrected chi connectivity index (χ4v) is 2.11. The van der Waals surface area contributed by atoms with Gasteiger partial charge < -0.3 is 4.74 Å². The third kappa shape index (κ3) is 2.57. The van der Waals surface area contributed by atoms with Crippen molar-refractivity contribution in [3.05, 3.63) is 59.3 Å². The van der Waals surface area contributed by atoms with E-state index in [1.165, 1.54) is 0 Å². The van der Waals surface area contributed by atoms with E-state index in [-0.39, 0.29) is 6.09 Å². The summed E-state index contributed by atoms with van der Waals surface area (Å²) < 4.78 is 5.31. The summed E-state index contributed by atoms with van der Waals surface area (Å²) in [7, 11) is 0. The van der Waals surface area contributed by atoms with Crippen molar-refractivity contribution >= 4 is 12.3 Å². The molecule has 4 nitrogen and oxygen atoms in total. The highest BCUT2D eigenvalue weighted by atomic mass is 16.6. The fourth-order valence-electron chi connectivity index (χ4n) is 2.11. The zero-order valence-electron chi connectivity index (χ0n) is 10.5. The Morgan fingerprint density at radius 3 is 3.00 bits per heavy atom. The van der Waals surface area contributed by atoms with Crippen LogP contribution in [0.15, 0.2) is 58.7 Å². The average molecular weight is 254 g/mol. The molecule has 0 N–H and O–H groups in total. The Kier molecular flexibility index (Phi) is 3.14. The molecule has 0 unspecified atom stereocenters. The van der Waals surface area contributed by atoms with Gasteiger partial charge in [-0.05, 0) is 23.3 Å². The van der Waals surface area contributed by atoms with E-state index >= 15 is 0 Å². The van der Waals surface area contributed by atoms with Gasteiger partial charge in [-0.2, -0.15) is 0 Å². The molecule has 1 aromatic carbocycles. The minimum atomic E-state index is -0.285. The molecule has 0 spiro atoms. The number of nitrogens with zero attached hydrogens (tertiary/aromatic N) is 2. The zero-order chi connectivity index (χ0) is 13.1. The molecule has 2 aliphatic heterocycles. The molecule has 2 aliphatic rings. The lowest BCUT2D eigenvalue weighted by Gasteiger charge is -2.25. The molecule has 0 bridgehead atoms. The highest BCUT2D eigenvalue weighted by Gasteiger charge is 2.22. The maximum Gasteiger partial charge on any atom is 0.410 e. The van der Waals surface area contributed by atoms with Gasteiger partial charge in [0.25, 0.3) is 0 Å². The van der Waals surface area contributed by atoms with Gasteiger partial charge in [0, 0.05) is 12.8 Å². The Morgan fingerprint density at radius 2 is 2.16 bits per heavy atom. The van der Waals surface area contributed by atoms with Gasteiger partial charge in [0.1, 0.15) is 6.61 Å². The van der Waals surface area contributed by atoms with Crippen molar-refractivity contribution in [3.8, 4) is 0 Å². The molecule has 0 radical (unpaired) electrons. The molecular weight excluding hydrogens is 240 g/mol. The van der Waals surface area contributed by atoms with E-state index in [4.69, 9.17) is 4.74 Å². The number of carbonyl (C=O) groups is 1. The highest BCUT2D eigenvalue weighted by molar-refractivity contribution is 5.81. The molecule has 4 heteroatoms. The second kappa shape index (κ2) is 5.10. The number of hydrogen-bond acceptors (Lipinski definition) is 3. The van der Waals surface area contributed by atoms with Crippen LogP contribution in [-0.4, -0.2) is 30.3 Å². The molecular formula is C15H14N2O2. The van der Waals surface area contributed by atoms with E-state index in [1.807, 2.05) is 42.5 Å². The van der Waals surface area contributed by atoms with Crippen LogP contribution in [0.2, 0.25) is 0 Å². The number of ether oxygens (including phenoxy) is 1. The zero-order valence-corrected chi connectivity index (χ0v) is 10.5. The number of fused-ring (bicyclic) bond motifs is 1. The van der Waals surface area contributed by atoms with Gasteiger partial charge >= 0.3 is 6.09 Å². The summed E-state index contributed by atoms with van der Waals surface area (Å²) in [5.41, 5.74) is 3.04. The Hall–Kier alpha value is -2.36. The topological polar surface area (TPSA) is 41.9 Å². The molecule has 3 rings (SSSR count). The van der Waals surface area contributed by atoms with Gasteiger partial charge in [0.05, 0.1) is 12.2 Å². The summed E-state index contributed by atoms with van der Waals surface area (Å²) in [4.78, 5) is 17.8. The molecule has 1 amide bonds. The van der Waals surface area contributed by atoms with Gasteiger partial charge in [-0.1, -0.05) is 30.3 Å². The number of benzene rings is 1. The van der Waals surface area contributed by atoms with E-state index < -0.39 is 0 Å². The van der Waals surface area contributed by atoms with E-state index in [1.54, 1.807) is 11.1 Å². The lowest BCUT2D eigenvalue weighted by atomic mass is 10.1. The Bertz CT molecular complexity index is 573. The van der Waals surface area contributed by atoms with Gasteiger partial charge in [0.2, 0.25) is 0 Å². The Labute approximate surface area is 111 Å². The van der Waals surface area contributed by atoms with E-state index in [9.17, 15) is 4.79 Å². The third-order valence-electron chi connectivity index (χ3n) is 3.15. The highest BCUT2D eigenvalue weighted by Crippen LogP contribution is 2.22.